The van der Waals surface area contributed by atoms with Gasteiger partial charge in [-0.3, -0.25) is 0 Å². The zero-order chi connectivity index (χ0) is 10.0. The Morgan fingerprint density at radius 1 is 1.54 bits per heavy atom. The van der Waals surface area contributed by atoms with Gasteiger partial charge in [0.2, 0.25) is 0 Å². The van der Waals surface area contributed by atoms with E-state index >= 15 is 0 Å². The van der Waals surface area contributed by atoms with Crippen LogP contribution in [0.5, 0.6) is 0 Å². The molecule has 1 heterocycles. The molecule has 0 saturated carbocycles. The minimum atomic E-state index is 0.662. The Labute approximate surface area is 90.6 Å². The Kier molecular flexibility index (Phi) is 3.80. The van der Waals surface area contributed by atoms with Gasteiger partial charge < -0.3 is 4.90 Å². The molecule has 0 radical (unpaired) electrons. The SMILES string of the molecule is CC(C)C1CC(N(C)C)=CC(=S)S1. The van der Waals surface area contributed by atoms with Crippen molar-refractivity contribution in [2.75, 3.05) is 14.1 Å². The minimum absolute atomic E-state index is 0.662. The first-order valence-electron chi connectivity index (χ1n) is 4.59. The van der Waals surface area contributed by atoms with Crippen LogP contribution in [0.3, 0.4) is 0 Å². The molecule has 0 N–H and O–H groups in total. The van der Waals surface area contributed by atoms with Crippen molar-refractivity contribution in [3.05, 3.63) is 11.8 Å². The standard InChI is InChI=1S/C10H17NS2/c1-7(2)9-5-8(11(3)4)6-10(12)13-9/h6-7,9H,5H2,1-4H3. The van der Waals surface area contributed by atoms with Gasteiger partial charge in [0.1, 0.15) is 0 Å². The van der Waals surface area contributed by atoms with Gasteiger partial charge in [-0.05, 0) is 18.4 Å². The van der Waals surface area contributed by atoms with Crippen LogP contribution >= 0.6 is 24.0 Å². The van der Waals surface area contributed by atoms with E-state index in [1.807, 2.05) is 11.8 Å². The van der Waals surface area contributed by atoms with Crippen molar-refractivity contribution in [3.63, 3.8) is 0 Å². The lowest BCUT2D eigenvalue weighted by molar-refractivity contribution is 0.463. The maximum atomic E-state index is 5.26. The summed E-state index contributed by atoms with van der Waals surface area (Å²) in [5.41, 5.74) is 1.36. The molecule has 0 amide bonds. The van der Waals surface area contributed by atoms with Crippen molar-refractivity contribution in [1.29, 1.82) is 0 Å². The fourth-order valence-electron chi connectivity index (χ4n) is 1.31. The van der Waals surface area contributed by atoms with E-state index in [4.69, 9.17) is 12.2 Å². The molecule has 0 aromatic heterocycles. The van der Waals surface area contributed by atoms with Crippen LogP contribution in [0.4, 0.5) is 0 Å². The van der Waals surface area contributed by atoms with Gasteiger partial charge in [-0.25, -0.2) is 0 Å². The van der Waals surface area contributed by atoms with Gasteiger partial charge in [-0.15, -0.1) is 11.8 Å². The highest BCUT2D eigenvalue weighted by molar-refractivity contribution is 8.24. The van der Waals surface area contributed by atoms with Gasteiger partial charge in [-0.2, -0.15) is 0 Å². The molecule has 0 fully saturated rings. The first-order valence-corrected chi connectivity index (χ1v) is 5.88. The molecule has 3 heteroatoms. The van der Waals surface area contributed by atoms with E-state index in [1.165, 1.54) is 5.70 Å². The van der Waals surface area contributed by atoms with E-state index in [9.17, 15) is 0 Å². The Morgan fingerprint density at radius 3 is 2.62 bits per heavy atom. The van der Waals surface area contributed by atoms with Crippen LogP contribution in [0.1, 0.15) is 20.3 Å². The van der Waals surface area contributed by atoms with Gasteiger partial charge >= 0.3 is 0 Å². The molecule has 74 valence electrons. The molecule has 0 spiro atoms. The monoisotopic (exact) mass is 215 g/mol. The summed E-state index contributed by atoms with van der Waals surface area (Å²) in [5.74, 6) is 0.701. The number of hydrogen-bond donors (Lipinski definition) is 0. The number of thiocarbonyl (C=S) groups is 1. The van der Waals surface area contributed by atoms with Gasteiger partial charge in [-0.1, -0.05) is 26.1 Å². The lowest BCUT2D eigenvalue weighted by Gasteiger charge is -2.29. The predicted octanol–water partition coefficient (Wildman–Crippen LogP) is 2.92. The molecule has 0 saturated heterocycles. The summed E-state index contributed by atoms with van der Waals surface area (Å²) in [5, 5.41) is 0.662. The average molecular weight is 215 g/mol. The Balaban J connectivity index is 2.73. The Bertz CT molecular complexity index is 231. The van der Waals surface area contributed by atoms with Gasteiger partial charge in [0.15, 0.2) is 0 Å². The summed E-state index contributed by atoms with van der Waals surface area (Å²) < 4.78 is 1.04. The number of hydrogen-bond acceptors (Lipinski definition) is 3. The van der Waals surface area contributed by atoms with E-state index in [-0.39, 0.29) is 0 Å². The van der Waals surface area contributed by atoms with Crippen molar-refractivity contribution in [1.82, 2.24) is 4.90 Å². The zero-order valence-corrected chi connectivity index (χ0v) is 10.3. The largest absolute Gasteiger partial charge is 0.381 e. The van der Waals surface area contributed by atoms with Crippen molar-refractivity contribution in [3.8, 4) is 0 Å². The summed E-state index contributed by atoms with van der Waals surface area (Å²) in [6.07, 6.45) is 3.27. The zero-order valence-electron chi connectivity index (χ0n) is 8.70. The average Bonchev–Trinajstić information content (AvgIpc) is 2.03. The Morgan fingerprint density at radius 2 is 2.15 bits per heavy atom. The van der Waals surface area contributed by atoms with E-state index in [2.05, 4.69) is 38.9 Å². The molecule has 13 heavy (non-hydrogen) atoms. The summed E-state index contributed by atoms with van der Waals surface area (Å²) in [4.78, 5) is 2.17. The van der Waals surface area contributed by atoms with Crippen molar-refractivity contribution >= 4 is 28.2 Å². The molecule has 1 rings (SSSR count). The summed E-state index contributed by atoms with van der Waals surface area (Å²) in [6, 6.07) is 0. The lowest BCUT2D eigenvalue weighted by Crippen LogP contribution is -2.24. The summed E-state index contributed by atoms with van der Waals surface area (Å²) >= 11 is 7.10. The highest BCUT2D eigenvalue weighted by Crippen LogP contribution is 2.32. The van der Waals surface area contributed by atoms with Crippen molar-refractivity contribution < 1.29 is 0 Å². The quantitative estimate of drug-likeness (QED) is 0.652. The lowest BCUT2D eigenvalue weighted by atomic mass is 10.0. The highest BCUT2D eigenvalue weighted by atomic mass is 32.2. The molecular formula is C10H17NS2. The van der Waals surface area contributed by atoms with Crippen LogP contribution < -0.4 is 0 Å². The number of thioether (sulfide) groups is 1. The fraction of sp³-hybridized carbons (Fsp3) is 0.700. The number of rotatable bonds is 2. The molecule has 0 aliphatic carbocycles. The normalized spacial score (nSPS) is 23.3. The van der Waals surface area contributed by atoms with Gasteiger partial charge in [0, 0.05) is 25.0 Å². The molecule has 0 aromatic carbocycles. The highest BCUT2D eigenvalue weighted by Gasteiger charge is 2.22. The van der Waals surface area contributed by atoms with Crippen LogP contribution in [0.15, 0.2) is 11.8 Å². The van der Waals surface area contributed by atoms with Crippen molar-refractivity contribution in [2.24, 2.45) is 5.92 Å². The molecule has 1 unspecified atom stereocenters. The van der Waals surface area contributed by atoms with E-state index in [0.29, 0.717) is 11.2 Å². The third kappa shape index (κ3) is 2.99. The smallest absolute Gasteiger partial charge is 0.0725 e. The molecule has 0 bridgehead atoms. The van der Waals surface area contributed by atoms with E-state index in [0.717, 1.165) is 10.6 Å². The van der Waals surface area contributed by atoms with Crippen molar-refractivity contribution in [2.45, 2.75) is 25.5 Å². The summed E-state index contributed by atoms with van der Waals surface area (Å²) in [6.45, 7) is 4.53. The van der Waals surface area contributed by atoms with Crippen LogP contribution in [0.25, 0.3) is 0 Å². The molecule has 1 aliphatic rings. The molecular weight excluding hydrogens is 198 g/mol. The second-order valence-electron chi connectivity index (χ2n) is 3.95. The first kappa shape index (κ1) is 11.1. The molecule has 0 aromatic rings. The summed E-state index contributed by atoms with van der Waals surface area (Å²) in [7, 11) is 4.17. The molecule has 1 nitrogen and oxygen atoms in total. The van der Waals surface area contributed by atoms with Gasteiger partial charge in [0.25, 0.3) is 0 Å². The fourth-order valence-corrected chi connectivity index (χ4v) is 2.84. The van der Waals surface area contributed by atoms with Crippen LogP contribution in [-0.4, -0.2) is 28.4 Å². The van der Waals surface area contributed by atoms with E-state index < -0.39 is 0 Å². The predicted molar refractivity (Wildman–Crippen MR) is 65.2 cm³/mol. The molecule has 1 aliphatic heterocycles. The third-order valence-electron chi connectivity index (χ3n) is 2.28. The maximum absolute atomic E-state index is 5.26. The van der Waals surface area contributed by atoms with Gasteiger partial charge in [0.05, 0.1) is 4.20 Å². The second kappa shape index (κ2) is 4.47. The van der Waals surface area contributed by atoms with Crippen LogP contribution in [0.2, 0.25) is 0 Å². The van der Waals surface area contributed by atoms with E-state index in [1.54, 1.807) is 0 Å². The Hall–Kier alpha value is -0.0200. The second-order valence-corrected chi connectivity index (χ2v) is 5.93. The van der Waals surface area contributed by atoms with Crippen LogP contribution in [-0.2, 0) is 0 Å². The number of allylic oxidation sites excluding steroid dienone is 1. The first-order chi connectivity index (χ1) is 6.00. The molecule has 1 atom stereocenters. The number of nitrogens with zero attached hydrogens (tertiary/aromatic N) is 1. The topological polar surface area (TPSA) is 3.24 Å². The third-order valence-corrected chi connectivity index (χ3v) is 4.05. The maximum Gasteiger partial charge on any atom is 0.0725 e. The minimum Gasteiger partial charge on any atom is -0.381 e. The van der Waals surface area contributed by atoms with Crippen LogP contribution in [0, 0.1) is 5.92 Å².